The monoisotopic (exact) mass is 376 g/mol. The number of carbonyl (C=O) groups excluding carboxylic acids is 1. The van der Waals surface area contributed by atoms with E-state index in [-0.39, 0.29) is 23.5 Å². The van der Waals surface area contributed by atoms with Crippen LogP contribution in [0.25, 0.3) is 0 Å². The molecule has 2 N–H and O–H groups in total. The molecule has 1 saturated heterocycles. The van der Waals surface area contributed by atoms with Gasteiger partial charge in [0.1, 0.15) is 0 Å². The second-order valence-corrected chi connectivity index (χ2v) is 7.61. The van der Waals surface area contributed by atoms with Crippen LogP contribution in [0.15, 0.2) is 22.1 Å². The minimum absolute atomic E-state index is 0.0383. The van der Waals surface area contributed by atoms with Crippen molar-refractivity contribution in [2.75, 3.05) is 17.7 Å². The number of anilines is 1. The lowest BCUT2D eigenvalue weighted by atomic mass is 10.1. The summed E-state index contributed by atoms with van der Waals surface area (Å²) in [5.74, 6) is 0.0620. The molecule has 26 heavy (non-hydrogen) atoms. The van der Waals surface area contributed by atoms with Crippen LogP contribution in [0.2, 0.25) is 0 Å². The van der Waals surface area contributed by atoms with E-state index in [1.807, 2.05) is 32.9 Å². The third-order valence-electron chi connectivity index (χ3n) is 4.41. The van der Waals surface area contributed by atoms with E-state index in [0.717, 1.165) is 36.3 Å². The van der Waals surface area contributed by atoms with Crippen LogP contribution < -0.4 is 11.0 Å². The van der Waals surface area contributed by atoms with Gasteiger partial charge in [-0.2, -0.15) is 0 Å². The highest BCUT2D eigenvalue weighted by atomic mass is 32.2. The second-order valence-electron chi connectivity index (χ2n) is 6.67. The summed E-state index contributed by atoms with van der Waals surface area (Å²) in [4.78, 5) is 24.3. The first-order valence-electron chi connectivity index (χ1n) is 8.71. The number of thioether (sulfide) groups is 1. The summed E-state index contributed by atoms with van der Waals surface area (Å²) in [6.07, 6.45) is 1.99. The number of H-pyrrole nitrogens is 1. The molecule has 1 aliphatic heterocycles. The van der Waals surface area contributed by atoms with Gasteiger partial charge in [0.05, 0.1) is 18.4 Å². The Bertz CT molecular complexity index is 829. The number of aryl methyl sites for hydroxylation is 3. The maximum absolute atomic E-state index is 12.4. The highest BCUT2D eigenvalue weighted by Crippen LogP contribution is 2.23. The van der Waals surface area contributed by atoms with E-state index in [1.165, 1.54) is 17.3 Å². The van der Waals surface area contributed by atoms with Crippen molar-refractivity contribution in [2.45, 2.75) is 51.4 Å². The van der Waals surface area contributed by atoms with Gasteiger partial charge in [-0.1, -0.05) is 29.5 Å². The molecule has 1 fully saturated rings. The van der Waals surface area contributed by atoms with E-state index in [9.17, 15) is 9.59 Å². The zero-order valence-electron chi connectivity index (χ0n) is 15.3. The molecule has 1 amide bonds. The highest BCUT2D eigenvalue weighted by Gasteiger charge is 2.20. The molecule has 2 heterocycles. The quantitative estimate of drug-likeness (QED) is 0.756. The van der Waals surface area contributed by atoms with Crippen molar-refractivity contribution in [3.05, 3.63) is 39.3 Å². The molecule has 8 heteroatoms. The van der Waals surface area contributed by atoms with Crippen LogP contribution in [0.4, 0.5) is 5.69 Å². The molecule has 140 valence electrons. The summed E-state index contributed by atoms with van der Waals surface area (Å²) in [6, 6.07) is 4.09. The summed E-state index contributed by atoms with van der Waals surface area (Å²) in [7, 11) is 0. The van der Waals surface area contributed by atoms with Crippen molar-refractivity contribution in [1.29, 1.82) is 0 Å². The molecule has 0 aliphatic carbocycles. The van der Waals surface area contributed by atoms with Crippen LogP contribution in [0, 0.1) is 20.8 Å². The molecule has 2 aromatic rings. The minimum atomic E-state index is -0.270. The first-order chi connectivity index (χ1) is 12.4. The van der Waals surface area contributed by atoms with Crippen molar-refractivity contribution >= 4 is 23.4 Å². The molecule has 0 saturated carbocycles. The number of aromatic nitrogens is 3. The lowest BCUT2D eigenvalue weighted by molar-refractivity contribution is -0.113. The van der Waals surface area contributed by atoms with E-state index in [0.29, 0.717) is 11.7 Å². The van der Waals surface area contributed by atoms with Gasteiger partial charge in [0.2, 0.25) is 5.91 Å². The van der Waals surface area contributed by atoms with Crippen LogP contribution in [0.1, 0.15) is 29.5 Å². The summed E-state index contributed by atoms with van der Waals surface area (Å²) in [5, 5.41) is 9.97. The predicted octanol–water partition coefficient (Wildman–Crippen LogP) is 2.41. The van der Waals surface area contributed by atoms with Crippen LogP contribution in [0.5, 0.6) is 0 Å². The minimum Gasteiger partial charge on any atom is -0.376 e. The fourth-order valence-electron chi connectivity index (χ4n) is 3.25. The van der Waals surface area contributed by atoms with Crippen molar-refractivity contribution < 1.29 is 9.53 Å². The molecule has 0 radical (unpaired) electrons. The number of carbonyl (C=O) groups is 1. The number of amides is 1. The van der Waals surface area contributed by atoms with Crippen molar-refractivity contribution in [2.24, 2.45) is 0 Å². The molecule has 7 nitrogen and oxygen atoms in total. The molecular formula is C18H24N4O3S. The smallest absolute Gasteiger partial charge is 0.344 e. The number of rotatable bonds is 6. The first-order valence-corrected chi connectivity index (χ1v) is 9.70. The Morgan fingerprint density at radius 3 is 2.77 bits per heavy atom. The lowest BCUT2D eigenvalue weighted by Crippen LogP contribution is -2.25. The third kappa shape index (κ3) is 4.37. The highest BCUT2D eigenvalue weighted by molar-refractivity contribution is 7.99. The summed E-state index contributed by atoms with van der Waals surface area (Å²) < 4.78 is 7.14. The van der Waals surface area contributed by atoms with Gasteiger partial charge in [-0.15, -0.1) is 5.10 Å². The summed E-state index contributed by atoms with van der Waals surface area (Å²) >= 11 is 1.25. The Balaban J connectivity index is 1.62. The average molecular weight is 376 g/mol. The van der Waals surface area contributed by atoms with Crippen LogP contribution in [0.3, 0.4) is 0 Å². The van der Waals surface area contributed by atoms with Gasteiger partial charge in [0, 0.05) is 12.3 Å². The number of aromatic amines is 1. The van der Waals surface area contributed by atoms with Crippen molar-refractivity contribution in [3.8, 4) is 0 Å². The number of nitrogens with zero attached hydrogens (tertiary/aromatic N) is 2. The third-order valence-corrected chi connectivity index (χ3v) is 5.38. The molecule has 0 spiro atoms. The number of hydrogen-bond acceptors (Lipinski definition) is 5. The van der Waals surface area contributed by atoms with Crippen LogP contribution >= 0.6 is 11.8 Å². The van der Waals surface area contributed by atoms with Crippen LogP contribution in [-0.2, 0) is 16.1 Å². The van der Waals surface area contributed by atoms with Gasteiger partial charge < -0.3 is 10.1 Å². The van der Waals surface area contributed by atoms with E-state index in [4.69, 9.17) is 4.74 Å². The molecule has 3 rings (SSSR count). The normalized spacial score (nSPS) is 16.8. The van der Waals surface area contributed by atoms with Crippen molar-refractivity contribution in [1.82, 2.24) is 14.8 Å². The Hall–Kier alpha value is -2.06. The van der Waals surface area contributed by atoms with E-state index >= 15 is 0 Å². The summed E-state index contributed by atoms with van der Waals surface area (Å²) in [5.41, 5.74) is 3.82. The van der Waals surface area contributed by atoms with Gasteiger partial charge in [0.25, 0.3) is 0 Å². The Morgan fingerprint density at radius 1 is 1.38 bits per heavy atom. The van der Waals surface area contributed by atoms with Crippen molar-refractivity contribution in [3.63, 3.8) is 0 Å². The van der Waals surface area contributed by atoms with E-state index in [1.54, 1.807) is 4.57 Å². The molecule has 1 aromatic carbocycles. The SMILES string of the molecule is Cc1cc(C)c(NC(=O)CSc2n[nH]c(=O)n2CC2CCCO2)c(C)c1. The fourth-order valence-corrected chi connectivity index (χ4v) is 4.01. The van der Waals surface area contributed by atoms with E-state index < -0.39 is 0 Å². The topological polar surface area (TPSA) is 89.0 Å². The average Bonchev–Trinajstić information content (AvgIpc) is 3.21. The maximum Gasteiger partial charge on any atom is 0.344 e. The van der Waals surface area contributed by atoms with Gasteiger partial charge in [-0.25, -0.2) is 9.89 Å². The second kappa shape index (κ2) is 8.09. The maximum atomic E-state index is 12.4. The fraction of sp³-hybridized carbons (Fsp3) is 0.500. The van der Waals surface area contributed by atoms with Crippen LogP contribution in [-0.4, -0.2) is 39.1 Å². The molecule has 1 aromatic heterocycles. The summed E-state index contributed by atoms with van der Waals surface area (Å²) in [6.45, 7) is 7.20. The Morgan fingerprint density at radius 2 is 2.12 bits per heavy atom. The molecular weight excluding hydrogens is 352 g/mol. The predicted molar refractivity (Wildman–Crippen MR) is 102 cm³/mol. The lowest BCUT2D eigenvalue weighted by Gasteiger charge is -2.13. The number of ether oxygens (including phenoxy) is 1. The number of nitrogens with one attached hydrogen (secondary N) is 2. The zero-order chi connectivity index (χ0) is 18.7. The molecule has 0 bridgehead atoms. The van der Waals surface area contributed by atoms with Gasteiger partial charge in [-0.3, -0.25) is 9.36 Å². The number of benzene rings is 1. The Kier molecular flexibility index (Phi) is 5.83. The first kappa shape index (κ1) is 18.7. The van der Waals surface area contributed by atoms with E-state index in [2.05, 4.69) is 15.5 Å². The molecule has 1 atom stereocenters. The standard InChI is InChI=1S/C18H24N4O3S/c1-11-7-12(2)16(13(3)8-11)19-15(23)10-26-18-21-20-17(24)22(18)9-14-5-4-6-25-14/h7-8,14H,4-6,9-10H2,1-3H3,(H,19,23)(H,20,24). The molecule has 1 aliphatic rings. The van der Waals surface area contributed by atoms with Gasteiger partial charge in [0.15, 0.2) is 5.16 Å². The number of hydrogen-bond donors (Lipinski definition) is 2. The Labute approximate surface area is 156 Å². The van der Waals surface area contributed by atoms with Gasteiger partial charge in [-0.05, 0) is 44.7 Å². The molecule has 1 unspecified atom stereocenters. The largest absolute Gasteiger partial charge is 0.376 e. The zero-order valence-corrected chi connectivity index (χ0v) is 16.1. The van der Waals surface area contributed by atoms with Gasteiger partial charge >= 0.3 is 5.69 Å².